The van der Waals surface area contributed by atoms with Crippen LogP contribution in [0.2, 0.25) is 0 Å². The van der Waals surface area contributed by atoms with Crippen molar-refractivity contribution < 1.29 is 135 Å². The van der Waals surface area contributed by atoms with Crippen molar-refractivity contribution in [1.29, 1.82) is 0 Å². The molecule has 0 fully saturated rings. The van der Waals surface area contributed by atoms with Gasteiger partial charge in [-0.25, -0.2) is 0 Å². The number of hydrogen-bond donors (Lipinski definition) is 0. The van der Waals surface area contributed by atoms with E-state index in [-0.39, 0.29) is 135 Å². The van der Waals surface area contributed by atoms with E-state index >= 15 is 0 Å². The van der Waals surface area contributed by atoms with Crippen LogP contribution in [-0.2, 0) is 16.5 Å². The zero-order valence-corrected chi connectivity index (χ0v) is 13.3. The molecule has 5 heteroatoms. The summed E-state index contributed by atoms with van der Waals surface area (Å²) in [5, 5.41) is 0. The molecule has 0 spiro atoms. The van der Waals surface area contributed by atoms with Gasteiger partial charge in [0.15, 0.2) is 0 Å². The third-order valence-corrected chi connectivity index (χ3v) is 0. The van der Waals surface area contributed by atoms with Crippen molar-refractivity contribution in [3.63, 3.8) is 0 Å². The van der Waals surface area contributed by atoms with Gasteiger partial charge in [0.2, 0.25) is 0 Å². The Kier molecular flexibility index (Phi) is 160. The minimum Gasteiger partial charge on any atom is 1.00 e. The molecule has 0 unspecified atom stereocenters. The molecule has 0 radical (unpaired) electrons. The normalized spacial score (nSPS) is 0. The molecule has 0 nitrogen and oxygen atoms in total. The van der Waals surface area contributed by atoms with Crippen LogP contribution < -0.4 is 118 Å². The molecule has 0 rings (SSSR count). The van der Waals surface area contributed by atoms with E-state index in [9.17, 15) is 0 Å². The second-order valence-corrected chi connectivity index (χ2v) is 0. The molecule has 0 aromatic heterocycles. The Morgan fingerprint density at radius 1 is 0.400 bits per heavy atom. The van der Waals surface area contributed by atoms with E-state index in [1.54, 1.807) is 0 Å². The average molecular weight is 151 g/mol. The smallest absolute Gasteiger partial charge is 1.00 e. The van der Waals surface area contributed by atoms with Crippen LogP contribution in [0.4, 0.5) is 0 Å². The first-order valence-electron chi connectivity index (χ1n) is 0. The van der Waals surface area contributed by atoms with Crippen LogP contribution in [0, 0.1) is 0 Å². The monoisotopic (exact) mass is 150 g/mol. The molecule has 0 aromatic carbocycles. The van der Waals surface area contributed by atoms with E-state index in [4.69, 9.17) is 0 Å². The van der Waals surface area contributed by atoms with Crippen LogP contribution in [-0.4, -0.2) is 0 Å². The molecule has 0 atom stereocenters. The molecule has 5 heavy (non-hydrogen) atoms. The fraction of sp³-hybridized carbons (Fsp3) is 0. The van der Waals surface area contributed by atoms with Crippen molar-refractivity contribution in [2.75, 3.05) is 0 Å². The molecule has 0 aliphatic heterocycles. The van der Waals surface area contributed by atoms with Crippen LogP contribution in [0.25, 0.3) is 0 Å². The van der Waals surface area contributed by atoms with E-state index in [1.807, 2.05) is 0 Å². The molecular weight excluding hydrogens is 151 g/mol. The second kappa shape index (κ2) is 23.6. The Hall–Kier alpha value is 4.49. The summed E-state index contributed by atoms with van der Waals surface area (Å²) in [6.45, 7) is 0. The predicted molar refractivity (Wildman–Crippen MR) is 0 cm³/mol. The van der Waals surface area contributed by atoms with Gasteiger partial charge in [-0.05, 0) is 0 Å². The maximum Gasteiger partial charge on any atom is 2.00 e. The van der Waals surface area contributed by atoms with E-state index in [0.29, 0.717) is 0 Å². The first kappa shape index (κ1) is 33.9. The zero-order valence-electron chi connectivity index (χ0n) is 4.32. The van der Waals surface area contributed by atoms with E-state index in [0.717, 1.165) is 0 Å². The first-order chi connectivity index (χ1) is 0. The molecule has 0 aliphatic rings. The Bertz CT molecular complexity index is 3.61. The quantitative estimate of drug-likeness (QED) is 0.301. The largest absolute Gasteiger partial charge is 2.00 e. The Labute approximate surface area is 131 Å². The van der Waals surface area contributed by atoms with Gasteiger partial charge in [0.05, 0.1) is 0 Å². The fourth-order valence-electron chi connectivity index (χ4n) is 0. The number of rotatable bonds is 0. The third kappa shape index (κ3) is 17.7. The first-order valence-corrected chi connectivity index (χ1v) is 0. The van der Waals surface area contributed by atoms with Crippen LogP contribution in [0.1, 0.15) is 0 Å². The summed E-state index contributed by atoms with van der Waals surface area (Å²) in [5.41, 5.74) is 0. The van der Waals surface area contributed by atoms with Gasteiger partial charge in [0.1, 0.15) is 0 Å². The van der Waals surface area contributed by atoms with Crippen LogP contribution in [0.5, 0.6) is 0 Å². The summed E-state index contributed by atoms with van der Waals surface area (Å²) < 4.78 is 0. The molecule has 0 N–H and O–H groups in total. The van der Waals surface area contributed by atoms with E-state index in [2.05, 4.69) is 0 Å². The van der Waals surface area contributed by atoms with E-state index < -0.39 is 0 Å². The van der Waals surface area contributed by atoms with Gasteiger partial charge < -0.3 is 0 Å². The van der Waals surface area contributed by atoms with Gasteiger partial charge in [-0.15, -0.1) is 0 Å². The fourth-order valence-corrected chi connectivity index (χ4v) is 0. The zero-order chi connectivity index (χ0) is 0. The Balaban J connectivity index is 0. The topological polar surface area (TPSA) is 0 Å². The van der Waals surface area contributed by atoms with Gasteiger partial charge >= 0.3 is 135 Å². The molecule has 8 valence electrons. The van der Waals surface area contributed by atoms with Crippen molar-refractivity contribution in [3.05, 3.63) is 0 Å². The van der Waals surface area contributed by atoms with Crippen molar-refractivity contribution in [2.24, 2.45) is 0 Å². The van der Waals surface area contributed by atoms with Crippen molar-refractivity contribution in [1.82, 2.24) is 0 Å². The molecule has 0 saturated heterocycles. The summed E-state index contributed by atoms with van der Waals surface area (Å²) >= 11 is 0. The van der Waals surface area contributed by atoms with Gasteiger partial charge in [-0.1, -0.05) is 0 Å². The second-order valence-electron chi connectivity index (χ2n) is 0. The van der Waals surface area contributed by atoms with Gasteiger partial charge in [0.25, 0.3) is 0 Å². The summed E-state index contributed by atoms with van der Waals surface area (Å²) in [5.74, 6) is 0. The molecular formula is Na4Ni+6. The minimum absolute atomic E-state index is 0. The summed E-state index contributed by atoms with van der Waals surface area (Å²) in [7, 11) is 0. The average Bonchev–Trinajstić information content (AvgIpc) is 0. The molecule has 0 saturated carbocycles. The van der Waals surface area contributed by atoms with Crippen molar-refractivity contribution in [2.45, 2.75) is 0 Å². The van der Waals surface area contributed by atoms with Crippen molar-refractivity contribution >= 4 is 0 Å². The van der Waals surface area contributed by atoms with Gasteiger partial charge in [-0.3, -0.25) is 0 Å². The maximum atomic E-state index is 0. The molecule has 0 aromatic rings. The summed E-state index contributed by atoms with van der Waals surface area (Å²) in [6, 6.07) is 0. The molecule has 0 aliphatic carbocycles. The van der Waals surface area contributed by atoms with Gasteiger partial charge in [0, 0.05) is 0 Å². The summed E-state index contributed by atoms with van der Waals surface area (Å²) in [6.07, 6.45) is 0. The molecule has 0 amide bonds. The maximum absolute atomic E-state index is 0. The summed E-state index contributed by atoms with van der Waals surface area (Å²) in [4.78, 5) is 0. The number of hydrogen-bond acceptors (Lipinski definition) is 0. The minimum atomic E-state index is 0. The van der Waals surface area contributed by atoms with Crippen LogP contribution in [0.3, 0.4) is 0 Å². The van der Waals surface area contributed by atoms with Gasteiger partial charge in [-0.2, -0.15) is 0 Å². The Morgan fingerprint density at radius 2 is 0.400 bits per heavy atom. The molecule has 0 bridgehead atoms. The molecule has 0 heterocycles. The van der Waals surface area contributed by atoms with Crippen molar-refractivity contribution in [3.8, 4) is 0 Å². The predicted octanol–water partition coefficient (Wildman–Crippen LogP) is -12.0. The third-order valence-electron chi connectivity index (χ3n) is 0. The SMILES string of the molecule is [Na+].[Na+].[Na+].[Na+].[Ni+2]. The van der Waals surface area contributed by atoms with Crippen LogP contribution >= 0.6 is 0 Å². The van der Waals surface area contributed by atoms with E-state index in [1.165, 1.54) is 0 Å². The Morgan fingerprint density at radius 3 is 0.400 bits per heavy atom. The van der Waals surface area contributed by atoms with Crippen LogP contribution in [0.15, 0.2) is 0 Å². The standard InChI is InChI=1S/4Na.Ni/q4*+1;+2.